The molecule has 0 aliphatic rings. The Bertz CT molecular complexity index is 1480. The van der Waals surface area contributed by atoms with Gasteiger partial charge >= 0.3 is 11.7 Å². The molecule has 3 N–H and O–H groups in total. The molecule has 0 radical (unpaired) electrons. The number of hydrogen-bond donors (Lipinski definition) is 2. The zero-order valence-corrected chi connectivity index (χ0v) is 17.0. The molecule has 0 saturated heterocycles. The third-order valence-corrected chi connectivity index (χ3v) is 5.14. The van der Waals surface area contributed by atoms with Crippen LogP contribution in [-0.2, 0) is 13.2 Å². The molecule has 0 spiro atoms. The van der Waals surface area contributed by atoms with E-state index in [2.05, 4.69) is 4.98 Å². The largest absolute Gasteiger partial charge is 0.487 e. The standard InChI is InChI=1S/C21H15ClF2N4O4/c22-18-17(32-10-12-2-3-13(23)8-14(12)24)5-6-27(19(18)29)9-11-1-4-16-15(7-11)26-21(31)28(16)20(25)30/h1-8H,9-10H2,(H2,25,30)(H,26,31). The Balaban J connectivity index is 1.56. The SMILES string of the molecule is NC(=O)n1c(=O)[nH]c2cc(Cn3ccc(OCc4ccc(F)cc4F)c(Cl)c3=O)ccc21. The number of nitrogens with zero attached hydrogens (tertiary/aromatic N) is 2. The first-order chi connectivity index (χ1) is 15.2. The van der Waals surface area contributed by atoms with Gasteiger partial charge in [0.1, 0.15) is 29.0 Å². The molecule has 1 amide bonds. The first-order valence-electron chi connectivity index (χ1n) is 9.23. The Kier molecular flexibility index (Phi) is 5.54. The number of halogens is 3. The van der Waals surface area contributed by atoms with E-state index in [4.69, 9.17) is 22.1 Å². The maximum atomic E-state index is 13.8. The number of nitrogens with two attached hydrogens (primary N) is 1. The van der Waals surface area contributed by atoms with Crippen molar-refractivity contribution in [3.8, 4) is 5.75 Å². The highest BCUT2D eigenvalue weighted by Gasteiger charge is 2.14. The van der Waals surface area contributed by atoms with E-state index in [-0.39, 0.29) is 29.5 Å². The van der Waals surface area contributed by atoms with Crippen LogP contribution in [0.15, 0.2) is 58.3 Å². The van der Waals surface area contributed by atoms with Gasteiger partial charge < -0.3 is 20.0 Å². The quantitative estimate of drug-likeness (QED) is 0.476. The molecule has 4 rings (SSSR count). The van der Waals surface area contributed by atoms with E-state index < -0.39 is 28.9 Å². The molecule has 164 valence electrons. The molecule has 2 heterocycles. The van der Waals surface area contributed by atoms with Crippen molar-refractivity contribution in [1.29, 1.82) is 0 Å². The highest BCUT2D eigenvalue weighted by molar-refractivity contribution is 6.31. The Morgan fingerprint density at radius 3 is 2.62 bits per heavy atom. The van der Waals surface area contributed by atoms with E-state index in [9.17, 15) is 23.2 Å². The van der Waals surface area contributed by atoms with Gasteiger partial charge in [0.25, 0.3) is 5.56 Å². The van der Waals surface area contributed by atoms with Crippen LogP contribution in [0.25, 0.3) is 11.0 Å². The minimum Gasteiger partial charge on any atom is -0.487 e. The van der Waals surface area contributed by atoms with Crippen LogP contribution in [0, 0.1) is 11.6 Å². The molecule has 4 aromatic rings. The summed E-state index contributed by atoms with van der Waals surface area (Å²) in [5.41, 5.74) is 5.45. The second-order valence-electron chi connectivity index (χ2n) is 6.91. The number of H-pyrrole nitrogens is 1. The van der Waals surface area contributed by atoms with Crippen LogP contribution in [-0.4, -0.2) is 20.1 Å². The van der Waals surface area contributed by atoms with Gasteiger partial charge in [0, 0.05) is 17.8 Å². The number of imidazole rings is 1. The van der Waals surface area contributed by atoms with Gasteiger partial charge in [-0.2, -0.15) is 0 Å². The molecule has 32 heavy (non-hydrogen) atoms. The lowest BCUT2D eigenvalue weighted by Crippen LogP contribution is -2.29. The van der Waals surface area contributed by atoms with Crippen LogP contribution in [0.4, 0.5) is 13.6 Å². The molecule has 0 aliphatic carbocycles. The summed E-state index contributed by atoms with van der Waals surface area (Å²) >= 11 is 6.14. The molecule has 0 atom stereocenters. The molecule has 0 unspecified atom stereocenters. The summed E-state index contributed by atoms with van der Waals surface area (Å²) < 4.78 is 34.3. The fraction of sp³-hybridized carbons (Fsp3) is 0.0952. The summed E-state index contributed by atoms with van der Waals surface area (Å²) in [5, 5.41) is -0.204. The number of carbonyl (C=O) groups is 1. The number of rotatable bonds is 5. The van der Waals surface area contributed by atoms with E-state index >= 15 is 0 Å². The fourth-order valence-electron chi connectivity index (χ4n) is 3.23. The first-order valence-corrected chi connectivity index (χ1v) is 9.61. The Morgan fingerprint density at radius 1 is 1.12 bits per heavy atom. The number of benzene rings is 2. The smallest absolute Gasteiger partial charge is 0.334 e. The molecule has 0 aliphatic heterocycles. The number of hydrogen-bond acceptors (Lipinski definition) is 4. The summed E-state index contributed by atoms with van der Waals surface area (Å²) in [5.74, 6) is -1.43. The van der Waals surface area contributed by atoms with E-state index in [1.165, 1.54) is 29.0 Å². The average Bonchev–Trinajstić information content (AvgIpc) is 3.07. The minimum atomic E-state index is -0.909. The molecule has 11 heteroatoms. The zero-order chi connectivity index (χ0) is 23.0. The Morgan fingerprint density at radius 2 is 1.91 bits per heavy atom. The van der Waals surface area contributed by atoms with Gasteiger partial charge in [-0.3, -0.25) is 4.79 Å². The minimum absolute atomic E-state index is 0.0509. The molecular formula is C21H15ClF2N4O4. The molecular weight excluding hydrogens is 446 g/mol. The van der Waals surface area contributed by atoms with Gasteiger partial charge in [0.15, 0.2) is 0 Å². The van der Waals surface area contributed by atoms with Crippen LogP contribution < -0.4 is 21.7 Å². The van der Waals surface area contributed by atoms with Crippen molar-refractivity contribution >= 4 is 28.7 Å². The van der Waals surface area contributed by atoms with Gasteiger partial charge in [0.2, 0.25) is 0 Å². The summed E-state index contributed by atoms with van der Waals surface area (Å²) in [7, 11) is 0. The number of carbonyl (C=O) groups excluding carboxylic acids is 1. The number of primary amides is 1. The predicted octanol–water partition coefficient (Wildman–Crippen LogP) is 2.98. The van der Waals surface area contributed by atoms with Crippen molar-refractivity contribution in [3.63, 3.8) is 0 Å². The highest BCUT2D eigenvalue weighted by Crippen LogP contribution is 2.22. The van der Waals surface area contributed by atoms with Crippen molar-refractivity contribution in [2.45, 2.75) is 13.2 Å². The van der Waals surface area contributed by atoms with Gasteiger partial charge in [0.05, 0.1) is 17.6 Å². The Hall–Kier alpha value is -3.92. The third kappa shape index (κ3) is 4.00. The fourth-order valence-corrected chi connectivity index (χ4v) is 3.46. The van der Waals surface area contributed by atoms with Crippen LogP contribution in [0.1, 0.15) is 11.1 Å². The average molecular weight is 461 g/mol. The summed E-state index contributed by atoms with van der Waals surface area (Å²) in [6.45, 7) is -0.124. The number of pyridine rings is 1. The molecule has 8 nitrogen and oxygen atoms in total. The summed E-state index contributed by atoms with van der Waals surface area (Å²) in [6.07, 6.45) is 1.45. The van der Waals surface area contributed by atoms with Gasteiger partial charge in [-0.05, 0) is 35.9 Å². The molecule has 2 aromatic carbocycles. The lowest BCUT2D eigenvalue weighted by molar-refractivity contribution is 0.250. The molecule has 0 saturated carbocycles. The lowest BCUT2D eigenvalue weighted by atomic mass is 10.2. The number of fused-ring (bicyclic) bond motifs is 1. The highest BCUT2D eigenvalue weighted by atomic mass is 35.5. The number of aromatic amines is 1. The van der Waals surface area contributed by atoms with E-state index in [1.807, 2.05) is 0 Å². The third-order valence-electron chi connectivity index (χ3n) is 4.79. The normalized spacial score (nSPS) is 11.1. The second-order valence-corrected chi connectivity index (χ2v) is 7.28. The summed E-state index contributed by atoms with van der Waals surface area (Å²) in [6, 6.07) is 8.40. The van der Waals surface area contributed by atoms with Crippen molar-refractivity contribution in [3.05, 3.63) is 97.3 Å². The van der Waals surface area contributed by atoms with Gasteiger partial charge in [-0.15, -0.1) is 0 Å². The van der Waals surface area contributed by atoms with E-state index in [0.29, 0.717) is 16.6 Å². The maximum absolute atomic E-state index is 13.8. The van der Waals surface area contributed by atoms with Gasteiger partial charge in [-0.25, -0.2) is 22.9 Å². The number of ether oxygens (including phenoxy) is 1. The van der Waals surface area contributed by atoms with Crippen LogP contribution in [0.5, 0.6) is 5.75 Å². The monoisotopic (exact) mass is 460 g/mol. The number of aromatic nitrogens is 3. The molecule has 0 fully saturated rings. The summed E-state index contributed by atoms with van der Waals surface area (Å²) in [4.78, 5) is 38.4. The number of nitrogens with one attached hydrogen (secondary N) is 1. The van der Waals surface area contributed by atoms with Crippen LogP contribution in [0.2, 0.25) is 5.02 Å². The predicted molar refractivity (Wildman–Crippen MR) is 113 cm³/mol. The van der Waals surface area contributed by atoms with E-state index in [0.717, 1.165) is 16.7 Å². The number of amides is 1. The van der Waals surface area contributed by atoms with Crippen molar-refractivity contribution in [1.82, 2.24) is 14.1 Å². The van der Waals surface area contributed by atoms with Crippen molar-refractivity contribution in [2.75, 3.05) is 0 Å². The van der Waals surface area contributed by atoms with Crippen LogP contribution in [0.3, 0.4) is 0 Å². The zero-order valence-electron chi connectivity index (χ0n) is 16.3. The lowest BCUT2D eigenvalue weighted by Gasteiger charge is -2.12. The maximum Gasteiger partial charge on any atom is 0.334 e. The van der Waals surface area contributed by atoms with Crippen LogP contribution >= 0.6 is 11.6 Å². The molecule has 2 aromatic heterocycles. The topological polar surface area (TPSA) is 112 Å². The first kappa shape index (κ1) is 21.3. The Labute approximate surface area is 183 Å². The van der Waals surface area contributed by atoms with E-state index in [1.54, 1.807) is 12.1 Å². The second kappa shape index (κ2) is 8.31. The van der Waals surface area contributed by atoms with Crippen molar-refractivity contribution < 1.29 is 18.3 Å². The van der Waals surface area contributed by atoms with Crippen molar-refractivity contribution in [2.24, 2.45) is 5.73 Å². The van der Waals surface area contributed by atoms with Gasteiger partial charge in [-0.1, -0.05) is 17.7 Å². The molecule has 0 bridgehead atoms.